The maximum Gasteiger partial charge on any atom is 0.282 e. The third-order valence-electron chi connectivity index (χ3n) is 4.72. The van der Waals surface area contributed by atoms with Crippen molar-refractivity contribution >= 4 is 5.82 Å². The zero-order valence-corrected chi connectivity index (χ0v) is 14.8. The highest BCUT2D eigenvalue weighted by Gasteiger charge is 2.27. The first-order chi connectivity index (χ1) is 12.8. The van der Waals surface area contributed by atoms with Gasteiger partial charge in [-0.15, -0.1) is 0 Å². The molecule has 0 radical (unpaired) electrons. The third kappa shape index (κ3) is 3.67. The SMILES string of the molecule is COc1ccc(-c2noc(C[NH+]3CCN(c4cccc[nH+]4)CC3)n2)cc1. The lowest BCUT2D eigenvalue weighted by atomic mass is 10.2. The van der Waals surface area contributed by atoms with Crippen LogP contribution in [0.5, 0.6) is 5.75 Å². The Balaban J connectivity index is 1.35. The molecule has 0 aliphatic carbocycles. The number of pyridine rings is 1. The van der Waals surface area contributed by atoms with E-state index in [2.05, 4.69) is 32.2 Å². The number of piperazine rings is 1. The molecular formula is C19H23N5O2+2. The lowest BCUT2D eigenvalue weighted by Crippen LogP contribution is -3.13. The predicted octanol–water partition coefficient (Wildman–Crippen LogP) is 0.464. The van der Waals surface area contributed by atoms with Crippen molar-refractivity contribution < 1.29 is 19.1 Å². The van der Waals surface area contributed by atoms with Gasteiger partial charge in [0.15, 0.2) is 6.54 Å². The monoisotopic (exact) mass is 353 g/mol. The fraction of sp³-hybridized carbons (Fsp3) is 0.316. The summed E-state index contributed by atoms with van der Waals surface area (Å²) < 4.78 is 10.6. The van der Waals surface area contributed by atoms with Crippen molar-refractivity contribution in [2.75, 3.05) is 38.2 Å². The van der Waals surface area contributed by atoms with E-state index in [0.717, 1.165) is 44.0 Å². The van der Waals surface area contributed by atoms with Gasteiger partial charge in [-0.25, -0.2) is 4.98 Å². The number of nitrogens with one attached hydrogen (secondary N) is 2. The molecule has 3 aromatic rings. The quantitative estimate of drug-likeness (QED) is 0.722. The van der Waals surface area contributed by atoms with Crippen molar-refractivity contribution in [3.63, 3.8) is 0 Å². The van der Waals surface area contributed by atoms with Gasteiger partial charge in [0.1, 0.15) is 31.9 Å². The average molecular weight is 353 g/mol. The summed E-state index contributed by atoms with van der Waals surface area (Å²) in [6.45, 7) is 4.87. The largest absolute Gasteiger partial charge is 0.497 e. The predicted molar refractivity (Wildman–Crippen MR) is 95.9 cm³/mol. The summed E-state index contributed by atoms with van der Waals surface area (Å²) in [5.74, 6) is 3.30. The number of benzene rings is 1. The molecule has 0 bridgehead atoms. The minimum Gasteiger partial charge on any atom is -0.497 e. The Hall–Kier alpha value is -2.93. The van der Waals surface area contributed by atoms with Crippen LogP contribution >= 0.6 is 0 Å². The molecule has 3 heterocycles. The number of ether oxygens (including phenoxy) is 1. The molecule has 4 rings (SSSR count). The molecule has 1 aliphatic rings. The van der Waals surface area contributed by atoms with E-state index < -0.39 is 0 Å². The van der Waals surface area contributed by atoms with Crippen LogP contribution in [0.2, 0.25) is 0 Å². The van der Waals surface area contributed by atoms with Crippen molar-refractivity contribution in [3.05, 3.63) is 54.6 Å². The molecule has 0 saturated carbocycles. The topological polar surface area (TPSA) is 70.0 Å². The number of H-pyrrole nitrogens is 1. The maximum absolute atomic E-state index is 5.46. The van der Waals surface area contributed by atoms with E-state index in [4.69, 9.17) is 9.26 Å². The lowest BCUT2D eigenvalue weighted by molar-refractivity contribution is -0.915. The van der Waals surface area contributed by atoms with Gasteiger partial charge in [-0.05, 0) is 30.3 Å². The normalized spacial score (nSPS) is 15.2. The van der Waals surface area contributed by atoms with Crippen molar-refractivity contribution in [2.45, 2.75) is 6.54 Å². The van der Waals surface area contributed by atoms with E-state index in [1.807, 2.05) is 36.5 Å². The number of methoxy groups -OCH3 is 1. The number of nitrogens with zero attached hydrogens (tertiary/aromatic N) is 3. The number of hydrogen-bond donors (Lipinski definition) is 1. The second kappa shape index (κ2) is 7.53. The minimum absolute atomic E-state index is 0.625. The highest BCUT2D eigenvalue weighted by Crippen LogP contribution is 2.19. The molecule has 0 spiro atoms. The Morgan fingerprint density at radius 1 is 1.15 bits per heavy atom. The second-order valence-electron chi connectivity index (χ2n) is 6.40. The molecule has 7 nitrogen and oxygen atoms in total. The summed E-state index contributed by atoms with van der Waals surface area (Å²) in [6, 6.07) is 13.9. The van der Waals surface area contributed by atoms with Crippen molar-refractivity contribution in [1.29, 1.82) is 0 Å². The zero-order chi connectivity index (χ0) is 17.8. The Morgan fingerprint density at radius 2 is 1.96 bits per heavy atom. The summed E-state index contributed by atoms with van der Waals surface area (Å²) in [4.78, 5) is 11.7. The first kappa shape index (κ1) is 16.5. The van der Waals surface area contributed by atoms with E-state index in [1.165, 1.54) is 10.7 Å². The number of quaternary nitrogens is 1. The Morgan fingerprint density at radius 3 is 2.65 bits per heavy atom. The molecule has 134 valence electrons. The van der Waals surface area contributed by atoms with Gasteiger partial charge in [0.2, 0.25) is 5.82 Å². The molecule has 26 heavy (non-hydrogen) atoms. The Labute approximate surface area is 152 Å². The number of aromatic amines is 1. The van der Waals surface area contributed by atoms with Crippen LogP contribution in [-0.2, 0) is 6.54 Å². The molecule has 0 unspecified atom stereocenters. The molecular weight excluding hydrogens is 330 g/mol. The van der Waals surface area contributed by atoms with Gasteiger partial charge in [0.25, 0.3) is 11.7 Å². The van der Waals surface area contributed by atoms with Crippen LogP contribution in [0.1, 0.15) is 5.89 Å². The number of anilines is 1. The van der Waals surface area contributed by atoms with Crippen LogP contribution in [0.15, 0.2) is 53.2 Å². The van der Waals surface area contributed by atoms with Gasteiger partial charge in [-0.3, -0.25) is 4.90 Å². The number of hydrogen-bond acceptors (Lipinski definition) is 5. The lowest BCUT2D eigenvalue weighted by Gasteiger charge is -2.27. The molecule has 2 N–H and O–H groups in total. The van der Waals surface area contributed by atoms with E-state index in [9.17, 15) is 0 Å². The number of aromatic nitrogens is 3. The molecule has 7 heteroatoms. The fourth-order valence-corrected chi connectivity index (χ4v) is 3.22. The van der Waals surface area contributed by atoms with Gasteiger partial charge in [0.05, 0.1) is 13.3 Å². The minimum atomic E-state index is 0.625. The molecule has 1 aromatic carbocycles. The fourth-order valence-electron chi connectivity index (χ4n) is 3.22. The summed E-state index contributed by atoms with van der Waals surface area (Å²) in [5, 5.41) is 4.11. The molecule has 2 aromatic heterocycles. The van der Waals surface area contributed by atoms with Crippen LogP contribution in [0.3, 0.4) is 0 Å². The summed E-state index contributed by atoms with van der Waals surface area (Å²) in [6.07, 6.45) is 1.97. The molecule has 0 atom stereocenters. The molecule has 1 fully saturated rings. The van der Waals surface area contributed by atoms with Crippen molar-refractivity contribution in [3.8, 4) is 17.1 Å². The van der Waals surface area contributed by atoms with Crippen molar-refractivity contribution in [2.24, 2.45) is 0 Å². The average Bonchev–Trinajstić information content (AvgIpc) is 3.18. The zero-order valence-electron chi connectivity index (χ0n) is 14.8. The van der Waals surface area contributed by atoms with Crippen LogP contribution < -0.4 is 19.5 Å². The van der Waals surface area contributed by atoms with Gasteiger partial charge < -0.3 is 14.2 Å². The summed E-state index contributed by atoms with van der Waals surface area (Å²) in [5.41, 5.74) is 0.931. The van der Waals surface area contributed by atoms with E-state index >= 15 is 0 Å². The summed E-state index contributed by atoms with van der Waals surface area (Å²) in [7, 11) is 1.65. The van der Waals surface area contributed by atoms with Crippen molar-refractivity contribution in [1.82, 2.24) is 10.1 Å². The molecule has 1 aliphatic heterocycles. The van der Waals surface area contributed by atoms with Crippen LogP contribution in [0.4, 0.5) is 5.82 Å². The first-order valence-electron chi connectivity index (χ1n) is 8.84. The standard InChI is InChI=1S/C19H21N5O2/c1-25-16-7-5-15(6-8-16)19-21-18(26-22-19)14-23-10-12-24(13-11-23)17-4-2-3-9-20-17/h2-9H,10-14H2,1H3/p+2. The van der Waals surface area contributed by atoms with E-state index in [0.29, 0.717) is 11.7 Å². The van der Waals surface area contributed by atoms with Gasteiger partial charge in [0, 0.05) is 11.6 Å². The molecule has 0 amide bonds. The Bertz CT molecular complexity index is 827. The highest BCUT2D eigenvalue weighted by molar-refractivity contribution is 5.55. The van der Waals surface area contributed by atoms with Crippen LogP contribution in [-0.4, -0.2) is 43.4 Å². The highest BCUT2D eigenvalue weighted by atomic mass is 16.5. The summed E-state index contributed by atoms with van der Waals surface area (Å²) >= 11 is 0. The maximum atomic E-state index is 5.46. The second-order valence-corrected chi connectivity index (χ2v) is 6.40. The molecule has 1 saturated heterocycles. The Kier molecular flexibility index (Phi) is 4.79. The van der Waals surface area contributed by atoms with Crippen LogP contribution in [0, 0.1) is 0 Å². The van der Waals surface area contributed by atoms with E-state index in [-0.39, 0.29) is 0 Å². The van der Waals surface area contributed by atoms with Gasteiger partial charge in [-0.2, -0.15) is 4.98 Å². The van der Waals surface area contributed by atoms with Crippen LogP contribution in [0.25, 0.3) is 11.4 Å². The smallest absolute Gasteiger partial charge is 0.282 e. The van der Waals surface area contributed by atoms with Gasteiger partial charge >= 0.3 is 0 Å². The number of rotatable bonds is 5. The van der Waals surface area contributed by atoms with Gasteiger partial charge in [-0.1, -0.05) is 11.2 Å². The van der Waals surface area contributed by atoms with E-state index in [1.54, 1.807) is 7.11 Å². The first-order valence-corrected chi connectivity index (χ1v) is 8.84. The third-order valence-corrected chi connectivity index (χ3v) is 4.72.